The maximum atomic E-state index is 5.30. The number of nitrogens with two attached hydrogens (primary N) is 1. The molecule has 1 aromatic heterocycles. The van der Waals surface area contributed by atoms with Crippen LogP contribution in [-0.2, 0) is 4.74 Å². The third-order valence-electron chi connectivity index (χ3n) is 2.41. The number of ether oxygens (including phenoxy) is 1. The summed E-state index contributed by atoms with van der Waals surface area (Å²) < 4.78 is 5.14. The van der Waals surface area contributed by atoms with Gasteiger partial charge in [-0.05, 0) is 25.0 Å². The number of aromatic nitrogens is 1. The fraction of sp³-hybridized carbons (Fsp3) is 0.364. The molecule has 0 aliphatic heterocycles. The first-order chi connectivity index (χ1) is 7.85. The molecule has 5 heteroatoms. The van der Waals surface area contributed by atoms with Gasteiger partial charge in [-0.3, -0.25) is 10.7 Å². The summed E-state index contributed by atoms with van der Waals surface area (Å²) in [5.41, 5.74) is 7.19. The second-order valence-corrected chi connectivity index (χ2v) is 3.60. The van der Waals surface area contributed by atoms with Gasteiger partial charge in [-0.2, -0.15) is 5.10 Å². The Kier molecular flexibility index (Phi) is 3.26. The fourth-order valence-corrected chi connectivity index (χ4v) is 1.47. The molecule has 1 aliphatic rings. The van der Waals surface area contributed by atoms with Crippen LogP contribution >= 0.6 is 0 Å². The maximum absolute atomic E-state index is 5.30. The summed E-state index contributed by atoms with van der Waals surface area (Å²) in [7, 11) is 0. The maximum Gasteiger partial charge on any atom is 0.243 e. The number of nitrogens with zero attached hydrogens (tertiary/aromatic N) is 3. The van der Waals surface area contributed by atoms with Crippen molar-refractivity contribution in [3.63, 3.8) is 0 Å². The van der Waals surface area contributed by atoms with Gasteiger partial charge >= 0.3 is 0 Å². The van der Waals surface area contributed by atoms with E-state index in [9.17, 15) is 0 Å². The minimum absolute atomic E-state index is 0.0543. The largest absolute Gasteiger partial charge is 0.460 e. The number of rotatable bonds is 4. The highest BCUT2D eigenvalue weighted by Crippen LogP contribution is 2.38. The number of pyridine rings is 1. The Morgan fingerprint density at radius 2 is 2.38 bits per heavy atom. The van der Waals surface area contributed by atoms with Crippen molar-refractivity contribution in [1.29, 1.82) is 0 Å². The van der Waals surface area contributed by atoms with Crippen molar-refractivity contribution in [2.45, 2.75) is 18.8 Å². The number of hydrogen-bond donors (Lipinski definition) is 1. The van der Waals surface area contributed by atoms with E-state index in [4.69, 9.17) is 10.5 Å². The van der Waals surface area contributed by atoms with E-state index in [1.807, 2.05) is 12.1 Å². The Hall–Kier alpha value is -1.75. The van der Waals surface area contributed by atoms with Gasteiger partial charge < -0.3 is 4.74 Å². The van der Waals surface area contributed by atoms with Gasteiger partial charge in [0.1, 0.15) is 6.73 Å². The first-order valence-corrected chi connectivity index (χ1v) is 5.18. The normalized spacial score (nSPS) is 15.9. The molecule has 1 saturated carbocycles. The average Bonchev–Trinajstić information content (AvgIpc) is 3.13. The van der Waals surface area contributed by atoms with Crippen molar-refractivity contribution in [1.82, 2.24) is 4.98 Å². The summed E-state index contributed by atoms with van der Waals surface area (Å²) in [6.07, 6.45) is 4.20. The monoisotopic (exact) mass is 218 g/mol. The van der Waals surface area contributed by atoms with E-state index in [2.05, 4.69) is 21.9 Å². The summed E-state index contributed by atoms with van der Waals surface area (Å²) in [6.45, 7) is 3.34. The lowest BCUT2D eigenvalue weighted by molar-refractivity contribution is 0.316. The molecule has 0 spiro atoms. The average molecular weight is 218 g/mol. The molecule has 84 valence electrons. The van der Waals surface area contributed by atoms with Gasteiger partial charge in [0.2, 0.25) is 5.90 Å². The van der Waals surface area contributed by atoms with Crippen molar-refractivity contribution in [3.05, 3.63) is 29.6 Å². The predicted molar refractivity (Wildman–Crippen MR) is 62.4 cm³/mol. The van der Waals surface area contributed by atoms with Crippen LogP contribution in [0.5, 0.6) is 0 Å². The van der Waals surface area contributed by atoms with Crippen LogP contribution in [0.2, 0.25) is 0 Å². The first-order valence-electron chi connectivity index (χ1n) is 5.18. The molecule has 0 amide bonds. The minimum atomic E-state index is 0.0543. The van der Waals surface area contributed by atoms with Gasteiger partial charge in [0.15, 0.2) is 0 Å². The molecule has 0 atom stereocenters. The van der Waals surface area contributed by atoms with Crippen LogP contribution < -0.4 is 5.73 Å². The van der Waals surface area contributed by atoms with E-state index in [0.29, 0.717) is 11.8 Å². The van der Waals surface area contributed by atoms with E-state index in [1.165, 1.54) is 12.8 Å². The molecule has 2 rings (SSSR count). The van der Waals surface area contributed by atoms with Crippen molar-refractivity contribution in [2.24, 2.45) is 15.9 Å². The zero-order valence-electron chi connectivity index (χ0n) is 8.97. The molecule has 1 heterocycles. The number of hydrogen-bond acceptors (Lipinski definition) is 5. The Balaban J connectivity index is 2.17. The standard InChI is InChI=1S/C11H14N4O/c1-13-15-11(16-7-12)9-4-5-10(14-6-9)8-2-3-8/h4-6,8H,1-3,7,12H2/b15-11-. The van der Waals surface area contributed by atoms with Crippen molar-refractivity contribution >= 4 is 12.6 Å². The summed E-state index contributed by atoms with van der Waals surface area (Å²) >= 11 is 0. The molecule has 0 bridgehead atoms. The zero-order chi connectivity index (χ0) is 11.4. The van der Waals surface area contributed by atoms with Crippen LogP contribution in [0, 0.1) is 0 Å². The highest BCUT2D eigenvalue weighted by atomic mass is 16.5. The quantitative estimate of drug-likeness (QED) is 0.358. The van der Waals surface area contributed by atoms with Gasteiger partial charge in [-0.1, -0.05) is 0 Å². The lowest BCUT2D eigenvalue weighted by Crippen LogP contribution is -2.13. The van der Waals surface area contributed by atoms with Crippen LogP contribution in [-0.4, -0.2) is 24.3 Å². The second kappa shape index (κ2) is 4.85. The van der Waals surface area contributed by atoms with E-state index in [-0.39, 0.29) is 6.73 Å². The Bertz CT molecular complexity index is 395. The SMILES string of the molecule is C=N/N=C(\OCN)c1ccc(C2CC2)nc1. The summed E-state index contributed by atoms with van der Waals surface area (Å²) in [4.78, 5) is 4.36. The topological polar surface area (TPSA) is 72.9 Å². The van der Waals surface area contributed by atoms with Crippen LogP contribution in [0.25, 0.3) is 0 Å². The molecule has 1 aromatic rings. The van der Waals surface area contributed by atoms with Crippen LogP contribution in [0.15, 0.2) is 28.5 Å². The van der Waals surface area contributed by atoms with Crippen molar-refractivity contribution in [2.75, 3.05) is 6.73 Å². The highest BCUT2D eigenvalue weighted by Gasteiger charge is 2.24. The highest BCUT2D eigenvalue weighted by molar-refractivity contribution is 5.93. The molecule has 5 nitrogen and oxygen atoms in total. The Morgan fingerprint density at radius 1 is 1.56 bits per heavy atom. The van der Waals surface area contributed by atoms with Crippen LogP contribution in [0.1, 0.15) is 30.0 Å². The van der Waals surface area contributed by atoms with Crippen molar-refractivity contribution < 1.29 is 4.74 Å². The molecule has 1 aliphatic carbocycles. The molecule has 0 unspecified atom stereocenters. The van der Waals surface area contributed by atoms with E-state index in [0.717, 1.165) is 11.3 Å². The lowest BCUT2D eigenvalue weighted by Gasteiger charge is -2.05. The third kappa shape index (κ3) is 2.43. The van der Waals surface area contributed by atoms with Gasteiger partial charge in [-0.25, -0.2) is 0 Å². The molecule has 0 saturated heterocycles. The molecular weight excluding hydrogens is 204 g/mol. The Morgan fingerprint density at radius 3 is 2.88 bits per heavy atom. The predicted octanol–water partition coefficient (Wildman–Crippen LogP) is 1.25. The minimum Gasteiger partial charge on any atom is -0.460 e. The summed E-state index contributed by atoms with van der Waals surface area (Å²) in [6, 6.07) is 3.91. The summed E-state index contributed by atoms with van der Waals surface area (Å²) in [5, 5.41) is 7.19. The van der Waals surface area contributed by atoms with Gasteiger partial charge in [0, 0.05) is 24.5 Å². The molecule has 2 N–H and O–H groups in total. The van der Waals surface area contributed by atoms with Crippen LogP contribution in [0.4, 0.5) is 0 Å². The first kappa shape index (κ1) is 10.8. The van der Waals surface area contributed by atoms with Crippen LogP contribution in [0.3, 0.4) is 0 Å². The second-order valence-electron chi connectivity index (χ2n) is 3.60. The Labute approximate surface area is 94.0 Å². The molecule has 0 aromatic carbocycles. The third-order valence-corrected chi connectivity index (χ3v) is 2.41. The molecule has 1 fully saturated rings. The van der Waals surface area contributed by atoms with Crippen molar-refractivity contribution in [3.8, 4) is 0 Å². The van der Waals surface area contributed by atoms with Gasteiger partial charge in [0.25, 0.3) is 0 Å². The molecule has 0 radical (unpaired) electrons. The van der Waals surface area contributed by atoms with Gasteiger partial charge in [-0.15, -0.1) is 5.10 Å². The fourth-order valence-electron chi connectivity index (χ4n) is 1.47. The smallest absolute Gasteiger partial charge is 0.243 e. The van der Waals surface area contributed by atoms with Gasteiger partial charge in [0.05, 0.1) is 5.56 Å². The van der Waals surface area contributed by atoms with E-state index in [1.54, 1.807) is 6.20 Å². The molecular formula is C11H14N4O. The van der Waals surface area contributed by atoms with E-state index < -0.39 is 0 Å². The molecule has 16 heavy (non-hydrogen) atoms. The van der Waals surface area contributed by atoms with E-state index >= 15 is 0 Å². The zero-order valence-corrected chi connectivity index (χ0v) is 8.97. The lowest BCUT2D eigenvalue weighted by atomic mass is 10.2. The summed E-state index contributed by atoms with van der Waals surface area (Å²) in [5.74, 6) is 0.995.